The number of nitrogens with one attached hydrogen (secondary N) is 2. The molecule has 0 aliphatic carbocycles. The zero-order valence-corrected chi connectivity index (χ0v) is 24.8. The van der Waals surface area contributed by atoms with Crippen LogP contribution in [0.5, 0.6) is 0 Å². The predicted octanol–water partition coefficient (Wildman–Crippen LogP) is 0.568. The van der Waals surface area contributed by atoms with E-state index in [1.54, 1.807) is 32.0 Å². The molecule has 15 heteroatoms. The maximum Gasteiger partial charge on any atom is 0.492 e. The first-order valence-corrected chi connectivity index (χ1v) is 14.4. The minimum absolute atomic E-state index is 0.00203. The zero-order chi connectivity index (χ0) is 32.7. The second kappa shape index (κ2) is 15.0. The highest BCUT2D eigenvalue weighted by molar-refractivity contribution is 6.62. The molecular formula is C29H40BF3N6O5. The Bertz CT molecular complexity index is 1310. The monoisotopic (exact) mass is 620 g/mol. The van der Waals surface area contributed by atoms with E-state index < -0.39 is 48.4 Å². The number of aryl methyl sites for hydroxylation is 1. The molecule has 2 atom stereocenters. The Morgan fingerprint density at radius 3 is 2.25 bits per heavy atom. The van der Waals surface area contributed by atoms with Crippen LogP contribution in [0.3, 0.4) is 0 Å². The molecule has 0 unspecified atom stereocenters. The first-order chi connectivity index (χ1) is 20.7. The number of benzene rings is 2. The second-order valence-corrected chi connectivity index (χ2v) is 11.2. The van der Waals surface area contributed by atoms with E-state index in [4.69, 9.17) is 21.9 Å². The van der Waals surface area contributed by atoms with Crippen LogP contribution < -0.4 is 33.3 Å². The van der Waals surface area contributed by atoms with Gasteiger partial charge in [-0.05, 0) is 74.0 Å². The molecule has 3 amide bonds. The number of alkyl halides is 3. The van der Waals surface area contributed by atoms with Crippen LogP contribution in [0.2, 0.25) is 0 Å². The summed E-state index contributed by atoms with van der Waals surface area (Å²) in [6.07, 6.45) is -4.31. The largest absolute Gasteiger partial charge is 0.492 e. The van der Waals surface area contributed by atoms with Crippen LogP contribution in [-0.4, -0.2) is 73.0 Å². The highest BCUT2D eigenvalue weighted by Gasteiger charge is 2.40. The summed E-state index contributed by atoms with van der Waals surface area (Å²) < 4.78 is 44.5. The van der Waals surface area contributed by atoms with Gasteiger partial charge in [-0.15, -0.1) is 0 Å². The number of fused-ring (bicyclic) bond motifs is 1. The Morgan fingerprint density at radius 2 is 1.66 bits per heavy atom. The molecule has 1 aliphatic rings. The molecule has 0 saturated heterocycles. The highest BCUT2D eigenvalue weighted by Crippen LogP contribution is 2.31. The third-order valence-electron chi connectivity index (χ3n) is 7.43. The lowest BCUT2D eigenvalue weighted by Crippen LogP contribution is -2.50. The number of hydrogen-bond acceptors (Lipinski definition) is 8. The van der Waals surface area contributed by atoms with Crippen molar-refractivity contribution >= 4 is 36.0 Å². The number of nitrogens with two attached hydrogens (primary N) is 3. The standard InChI is InChI=1S/C29H40BF3N6O5/c1-28(2)21-9-8-20(17-22(21)30(43)44-28)37-27(42)24(11-5-18-3-6-19(7-4-18)29(31,32)33)38-26(41)23(36)10-12-25(40)39(15-13-34)16-14-35/h3-4,6-9,17,23-24,43H,5,10-16,34-36H2,1-2H3,(H,37,42)(H,38,41)/t23-,24+/m0/s1. The maximum atomic E-state index is 13.4. The van der Waals surface area contributed by atoms with Gasteiger partial charge in [0.2, 0.25) is 17.7 Å². The van der Waals surface area contributed by atoms with Gasteiger partial charge in [0, 0.05) is 38.3 Å². The molecule has 0 aromatic heterocycles. The summed E-state index contributed by atoms with van der Waals surface area (Å²) in [7, 11) is -1.18. The smallest absolute Gasteiger partial charge is 0.423 e. The minimum atomic E-state index is -4.48. The lowest BCUT2D eigenvalue weighted by molar-refractivity contribution is -0.137. The fourth-order valence-corrected chi connectivity index (χ4v) is 4.99. The molecule has 0 spiro atoms. The lowest BCUT2D eigenvalue weighted by Gasteiger charge is -2.23. The average molecular weight is 620 g/mol. The van der Waals surface area contributed by atoms with E-state index in [-0.39, 0.29) is 44.7 Å². The third-order valence-corrected chi connectivity index (χ3v) is 7.43. The van der Waals surface area contributed by atoms with E-state index >= 15 is 0 Å². The number of anilines is 1. The quantitative estimate of drug-likeness (QED) is 0.166. The molecule has 1 heterocycles. The molecule has 2 aromatic rings. The first kappa shape index (κ1) is 35.0. The van der Waals surface area contributed by atoms with Crippen molar-refractivity contribution in [2.24, 2.45) is 17.2 Å². The molecule has 0 bridgehead atoms. The van der Waals surface area contributed by atoms with E-state index in [0.29, 0.717) is 29.8 Å². The maximum absolute atomic E-state index is 13.4. The average Bonchev–Trinajstić information content (AvgIpc) is 3.20. The van der Waals surface area contributed by atoms with Crippen LogP contribution in [0.1, 0.15) is 49.8 Å². The van der Waals surface area contributed by atoms with Crippen LogP contribution in [-0.2, 0) is 37.2 Å². The minimum Gasteiger partial charge on any atom is -0.423 e. The number of halogens is 3. The number of carbonyl (C=O) groups excluding carboxylic acids is 3. The van der Waals surface area contributed by atoms with E-state index in [1.165, 1.54) is 17.0 Å². The Hall–Kier alpha value is -3.50. The van der Waals surface area contributed by atoms with Gasteiger partial charge in [-0.25, -0.2) is 0 Å². The summed E-state index contributed by atoms with van der Waals surface area (Å²) in [5, 5.41) is 15.7. The normalized spacial score (nSPS) is 15.3. The number of carbonyl (C=O) groups is 3. The van der Waals surface area contributed by atoms with Crippen molar-refractivity contribution in [2.45, 2.75) is 63.4 Å². The molecule has 0 radical (unpaired) electrons. The summed E-state index contributed by atoms with van der Waals surface area (Å²) in [5.74, 6) is -1.53. The van der Waals surface area contributed by atoms with E-state index in [1.807, 2.05) is 0 Å². The predicted molar refractivity (Wildman–Crippen MR) is 160 cm³/mol. The number of hydrogen-bond donors (Lipinski definition) is 6. The summed E-state index contributed by atoms with van der Waals surface area (Å²) in [6, 6.07) is 7.23. The van der Waals surface area contributed by atoms with Crippen molar-refractivity contribution < 1.29 is 37.2 Å². The molecule has 0 fully saturated rings. The fraction of sp³-hybridized carbons (Fsp3) is 0.483. The van der Waals surface area contributed by atoms with Crippen LogP contribution in [0.4, 0.5) is 18.9 Å². The molecule has 1 aliphatic heterocycles. The van der Waals surface area contributed by atoms with Gasteiger partial charge < -0.3 is 42.4 Å². The molecule has 11 nitrogen and oxygen atoms in total. The topological polar surface area (TPSA) is 186 Å². The Kier molecular flexibility index (Phi) is 11.9. The van der Waals surface area contributed by atoms with E-state index in [0.717, 1.165) is 17.7 Å². The van der Waals surface area contributed by atoms with Crippen LogP contribution in [0, 0.1) is 0 Å². The second-order valence-electron chi connectivity index (χ2n) is 11.2. The molecule has 9 N–H and O–H groups in total. The van der Waals surface area contributed by atoms with Gasteiger partial charge >= 0.3 is 13.3 Å². The summed E-state index contributed by atoms with van der Waals surface area (Å²) in [4.78, 5) is 40.4. The highest BCUT2D eigenvalue weighted by atomic mass is 19.4. The SMILES string of the molecule is CC1(C)OB(O)c2cc(NC(=O)[C@@H](CCc3ccc(C(F)(F)F)cc3)NC(=O)[C@@H](N)CCC(=O)N(CCN)CCN)ccc21. The molecule has 0 saturated carbocycles. The molecule has 240 valence electrons. The summed E-state index contributed by atoms with van der Waals surface area (Å²) in [5.41, 5.74) is 17.8. The van der Waals surface area contributed by atoms with Gasteiger partial charge in [0.05, 0.1) is 17.2 Å². The molecule has 44 heavy (non-hydrogen) atoms. The zero-order valence-electron chi connectivity index (χ0n) is 24.8. The van der Waals surface area contributed by atoms with Gasteiger partial charge in [-0.2, -0.15) is 13.2 Å². The Labute approximate surface area is 254 Å². The van der Waals surface area contributed by atoms with Gasteiger partial charge in [-0.3, -0.25) is 14.4 Å². The lowest BCUT2D eigenvalue weighted by atomic mass is 9.78. The Balaban J connectivity index is 1.72. The van der Waals surface area contributed by atoms with Crippen molar-refractivity contribution in [3.05, 3.63) is 59.2 Å². The first-order valence-electron chi connectivity index (χ1n) is 14.4. The third kappa shape index (κ3) is 9.25. The van der Waals surface area contributed by atoms with E-state index in [2.05, 4.69) is 10.6 Å². The van der Waals surface area contributed by atoms with Crippen molar-refractivity contribution in [3.8, 4) is 0 Å². The van der Waals surface area contributed by atoms with Gasteiger partial charge in [0.1, 0.15) is 6.04 Å². The van der Waals surface area contributed by atoms with E-state index in [9.17, 15) is 32.6 Å². The van der Waals surface area contributed by atoms with Crippen molar-refractivity contribution in [1.29, 1.82) is 0 Å². The number of amides is 3. The van der Waals surface area contributed by atoms with Crippen molar-refractivity contribution in [3.63, 3.8) is 0 Å². The van der Waals surface area contributed by atoms with Gasteiger partial charge in [0.25, 0.3) is 0 Å². The summed E-state index contributed by atoms with van der Waals surface area (Å²) >= 11 is 0. The van der Waals surface area contributed by atoms with Gasteiger partial charge in [-0.1, -0.05) is 18.2 Å². The van der Waals surface area contributed by atoms with Crippen LogP contribution in [0.15, 0.2) is 42.5 Å². The van der Waals surface area contributed by atoms with Crippen molar-refractivity contribution in [2.75, 3.05) is 31.5 Å². The summed E-state index contributed by atoms with van der Waals surface area (Å²) in [6.45, 7) is 4.74. The van der Waals surface area contributed by atoms with Crippen molar-refractivity contribution in [1.82, 2.24) is 10.2 Å². The fourth-order valence-electron chi connectivity index (χ4n) is 4.99. The molecule has 2 aromatic carbocycles. The number of rotatable bonds is 14. The number of nitrogens with zero attached hydrogens (tertiary/aromatic N) is 1. The van der Waals surface area contributed by atoms with Crippen LogP contribution >= 0.6 is 0 Å². The van der Waals surface area contributed by atoms with Crippen LogP contribution in [0.25, 0.3) is 0 Å². The molecule has 3 rings (SSSR count). The van der Waals surface area contributed by atoms with Gasteiger partial charge in [0.15, 0.2) is 0 Å². The molecular weight excluding hydrogens is 580 g/mol. The Morgan fingerprint density at radius 1 is 1.02 bits per heavy atom.